The molecule has 11 rings (SSSR count). The number of benzene rings is 8. The van der Waals surface area contributed by atoms with Gasteiger partial charge in [-0.3, -0.25) is 0 Å². The first-order chi connectivity index (χ1) is 32.3. The molecule has 0 unspecified atom stereocenters. The predicted molar refractivity (Wildman–Crippen MR) is 294 cm³/mol. The van der Waals surface area contributed by atoms with Crippen LogP contribution in [-0.2, 0) is 16.2 Å². The lowest BCUT2D eigenvalue weighted by Crippen LogP contribution is -2.61. The molecule has 8 aromatic carbocycles. The Balaban J connectivity index is 1.32. The number of hydrogen-bond acceptors (Lipinski definition) is 4. The van der Waals surface area contributed by atoms with Crippen LogP contribution in [0.3, 0.4) is 0 Å². The molecule has 5 heteroatoms. The van der Waals surface area contributed by atoms with Gasteiger partial charge in [0.05, 0.1) is 17.4 Å². The summed E-state index contributed by atoms with van der Waals surface area (Å²) >= 11 is 1.88. The van der Waals surface area contributed by atoms with E-state index >= 15 is 0 Å². The maximum atomic E-state index is 9.78. The summed E-state index contributed by atoms with van der Waals surface area (Å²) < 4.78 is 12.3. The minimum atomic E-state index is -0.150. The van der Waals surface area contributed by atoms with E-state index in [0.29, 0.717) is 6.04 Å². The quantitative estimate of drug-likeness (QED) is 0.159. The largest absolute Gasteiger partial charge is 0.311 e. The maximum Gasteiger partial charge on any atom is 0.252 e. The van der Waals surface area contributed by atoms with Gasteiger partial charge in [-0.2, -0.15) is 0 Å². The first-order valence-electron chi connectivity index (χ1n) is 24.4. The highest BCUT2D eigenvalue weighted by Crippen LogP contribution is 2.54. The van der Waals surface area contributed by atoms with Gasteiger partial charge in [-0.15, -0.1) is 11.3 Å². The van der Waals surface area contributed by atoms with Gasteiger partial charge in [0.15, 0.2) is 0 Å². The van der Waals surface area contributed by atoms with E-state index in [1.54, 1.807) is 0 Å². The van der Waals surface area contributed by atoms with Crippen LogP contribution in [0.2, 0.25) is 0 Å². The Labute approximate surface area is 403 Å². The molecule has 2 aliphatic heterocycles. The van der Waals surface area contributed by atoms with E-state index in [4.69, 9.17) is 0 Å². The molecule has 332 valence electrons. The monoisotopic (exact) mass is 890 g/mol. The highest BCUT2D eigenvalue weighted by molar-refractivity contribution is 7.26. The fourth-order valence-electron chi connectivity index (χ4n) is 10.4. The fraction of sp³-hybridized carbons (Fsp3) is 0.226. The Morgan fingerprint density at radius 2 is 1.00 bits per heavy atom. The molecule has 67 heavy (non-hydrogen) atoms. The van der Waals surface area contributed by atoms with E-state index in [0.717, 1.165) is 51.2 Å². The number of hydrogen-bond donors (Lipinski definition) is 0. The van der Waals surface area contributed by atoms with Crippen LogP contribution in [0.1, 0.15) is 91.5 Å². The first kappa shape index (κ1) is 41.8. The van der Waals surface area contributed by atoms with Crippen molar-refractivity contribution in [1.29, 1.82) is 0 Å². The van der Waals surface area contributed by atoms with E-state index in [9.17, 15) is 1.37 Å². The van der Waals surface area contributed by atoms with Crippen LogP contribution in [0.25, 0.3) is 20.2 Å². The summed E-state index contributed by atoms with van der Waals surface area (Å²) in [5.74, 6) is 0. The van der Waals surface area contributed by atoms with Crippen molar-refractivity contribution in [3.8, 4) is 0 Å². The summed E-state index contributed by atoms with van der Waals surface area (Å²) in [5.41, 5.74) is 19.8. The van der Waals surface area contributed by atoms with Crippen molar-refractivity contribution in [2.45, 2.75) is 92.4 Å². The van der Waals surface area contributed by atoms with E-state index in [2.05, 4.69) is 249 Å². The van der Waals surface area contributed by atoms with Crippen LogP contribution in [0.4, 0.5) is 51.2 Å². The minimum absolute atomic E-state index is 0.0119. The molecule has 9 aromatic rings. The Bertz CT molecular complexity index is 3380. The van der Waals surface area contributed by atoms with Gasteiger partial charge in [0.25, 0.3) is 6.71 Å². The SMILES string of the molecule is [2H]c1cc2c3c(c1)N(c1ccc(C(C)(C)C)cc1)c1c(cc4c(sc5ccccc54)c1N(c1ccc(C)cc1)c1ccc(C)cc1)B3c1cc(C(C)(C)C)ccc1N2c1ccc(C(C)(C)C)cc1. The molecule has 0 saturated heterocycles. The van der Waals surface area contributed by atoms with Crippen molar-refractivity contribution in [3.63, 3.8) is 0 Å². The fourth-order valence-corrected chi connectivity index (χ4v) is 11.6. The van der Waals surface area contributed by atoms with Gasteiger partial charge in [0.2, 0.25) is 0 Å². The van der Waals surface area contributed by atoms with Gasteiger partial charge in [0, 0.05) is 55.3 Å². The number of rotatable bonds is 5. The summed E-state index contributed by atoms with van der Waals surface area (Å²) in [6.07, 6.45) is 0. The second-order valence-corrected chi connectivity index (χ2v) is 23.1. The molecule has 0 amide bonds. The molecule has 0 saturated carbocycles. The topological polar surface area (TPSA) is 9.72 Å². The first-order valence-corrected chi connectivity index (χ1v) is 24.7. The van der Waals surface area contributed by atoms with Crippen molar-refractivity contribution >= 4 is 106 Å². The summed E-state index contributed by atoms with van der Waals surface area (Å²) in [6, 6.07) is 59.8. The lowest BCUT2D eigenvalue weighted by atomic mass is 9.33. The van der Waals surface area contributed by atoms with Crippen LogP contribution < -0.4 is 31.1 Å². The normalized spacial score (nSPS) is 13.7. The zero-order chi connectivity index (χ0) is 47.6. The maximum absolute atomic E-state index is 9.78. The molecule has 0 aliphatic carbocycles. The Morgan fingerprint density at radius 3 is 1.55 bits per heavy atom. The second-order valence-electron chi connectivity index (χ2n) is 22.0. The van der Waals surface area contributed by atoms with Crippen LogP contribution in [0, 0.1) is 13.8 Å². The Morgan fingerprint density at radius 1 is 0.493 bits per heavy atom. The second kappa shape index (κ2) is 15.5. The lowest BCUT2D eigenvalue weighted by Gasteiger charge is -2.46. The lowest BCUT2D eigenvalue weighted by molar-refractivity contribution is 0.590. The number of anilines is 9. The third kappa shape index (κ3) is 7.17. The van der Waals surface area contributed by atoms with E-state index in [-0.39, 0.29) is 23.0 Å². The van der Waals surface area contributed by atoms with Gasteiger partial charge in [-0.1, -0.05) is 164 Å². The van der Waals surface area contributed by atoms with E-state index < -0.39 is 0 Å². The number of thiophene rings is 1. The van der Waals surface area contributed by atoms with Crippen LogP contribution in [0.5, 0.6) is 0 Å². The van der Waals surface area contributed by atoms with Crippen LogP contribution in [-0.4, -0.2) is 6.71 Å². The molecule has 0 radical (unpaired) electrons. The highest BCUT2D eigenvalue weighted by atomic mass is 32.1. The van der Waals surface area contributed by atoms with Crippen molar-refractivity contribution in [2.24, 2.45) is 0 Å². The summed E-state index contributed by atoms with van der Waals surface area (Å²) in [6.45, 7) is 24.8. The third-order valence-electron chi connectivity index (χ3n) is 14.2. The average Bonchev–Trinajstić information content (AvgIpc) is 3.67. The number of nitrogens with zero attached hydrogens (tertiary/aromatic N) is 3. The number of fused-ring (bicyclic) bond motifs is 7. The Kier molecular flexibility index (Phi) is 9.68. The van der Waals surface area contributed by atoms with Crippen molar-refractivity contribution < 1.29 is 1.37 Å². The molecule has 1 aromatic heterocycles. The van der Waals surface area contributed by atoms with E-state index in [1.165, 1.54) is 64.4 Å². The Hall–Kier alpha value is -6.56. The summed E-state index contributed by atoms with van der Waals surface area (Å²) in [5, 5.41) is 2.51. The van der Waals surface area contributed by atoms with Gasteiger partial charge >= 0.3 is 0 Å². The molecule has 0 atom stereocenters. The molecule has 0 spiro atoms. The van der Waals surface area contributed by atoms with Crippen molar-refractivity contribution in [1.82, 2.24) is 0 Å². The van der Waals surface area contributed by atoms with Crippen molar-refractivity contribution in [2.75, 3.05) is 14.7 Å². The van der Waals surface area contributed by atoms with E-state index in [1.807, 2.05) is 11.3 Å². The van der Waals surface area contributed by atoms with Crippen LogP contribution in [0.15, 0.2) is 164 Å². The smallest absolute Gasteiger partial charge is 0.252 e. The summed E-state index contributed by atoms with van der Waals surface area (Å²) in [4.78, 5) is 7.47. The van der Waals surface area contributed by atoms with Gasteiger partial charge in [0.1, 0.15) is 0 Å². The predicted octanol–water partition coefficient (Wildman–Crippen LogP) is 16.1. The van der Waals surface area contributed by atoms with Gasteiger partial charge in [-0.05, 0) is 136 Å². The molecule has 0 N–H and O–H groups in total. The van der Waals surface area contributed by atoms with Gasteiger partial charge < -0.3 is 14.7 Å². The molecule has 0 bridgehead atoms. The molecular formula is C62H60BN3S. The molecule has 3 heterocycles. The highest BCUT2D eigenvalue weighted by Gasteiger charge is 2.46. The third-order valence-corrected chi connectivity index (χ3v) is 15.4. The number of aryl methyl sites for hydroxylation is 2. The molecular weight excluding hydrogens is 830 g/mol. The molecule has 0 fully saturated rings. The van der Waals surface area contributed by atoms with Crippen molar-refractivity contribution in [3.05, 3.63) is 192 Å². The zero-order valence-corrected chi connectivity index (χ0v) is 41.7. The standard InChI is InChI=1S/C62H60BN3S/c1-39-19-28-44(29-20-39)64(45-30-21-40(2)22-31-45)58-57-51(38-49-48-15-12-13-18-55(48)67-59(49)58)63-50-37-43(62(9,10)11)27-36-52(50)65(46-32-23-41(24-33-46)60(3,4)5)53-16-14-17-54(56(53)63)66(57)47-34-25-42(26-35-47)61(6,7)8/h12-38H,1-11H3/i14D. The molecule has 2 aliphatic rings. The molecule has 3 nitrogen and oxygen atoms in total. The van der Waals surface area contributed by atoms with Crippen LogP contribution >= 0.6 is 11.3 Å². The average molecular weight is 891 g/mol. The zero-order valence-electron chi connectivity index (χ0n) is 41.8. The summed E-state index contributed by atoms with van der Waals surface area (Å²) in [7, 11) is 0. The van der Waals surface area contributed by atoms with Gasteiger partial charge in [-0.25, -0.2) is 0 Å². The minimum Gasteiger partial charge on any atom is -0.311 e.